The molecule has 1 N–H and O–H groups in total. The summed E-state index contributed by atoms with van der Waals surface area (Å²) in [5.41, 5.74) is 0.577. The lowest BCUT2D eigenvalue weighted by Crippen LogP contribution is -2.36. The molecule has 0 radical (unpaired) electrons. The smallest absolute Gasteiger partial charge is 0.295 e. The average molecular weight is 428 g/mol. The van der Waals surface area contributed by atoms with E-state index in [0.717, 1.165) is 24.1 Å². The Morgan fingerprint density at radius 3 is 2.87 bits per heavy atom. The lowest BCUT2D eigenvalue weighted by molar-refractivity contribution is -0.140. The maximum atomic E-state index is 13.0. The molecule has 1 amide bonds. The molecule has 0 bridgehead atoms. The van der Waals surface area contributed by atoms with Crippen LogP contribution in [0.4, 0.5) is 0 Å². The van der Waals surface area contributed by atoms with Crippen molar-refractivity contribution in [3.63, 3.8) is 0 Å². The molecule has 1 aromatic carbocycles. The molecule has 30 heavy (non-hydrogen) atoms. The Kier molecular flexibility index (Phi) is 6.20. The summed E-state index contributed by atoms with van der Waals surface area (Å²) in [5.74, 6) is -0.821. The minimum absolute atomic E-state index is 0.0866. The molecule has 2 aliphatic heterocycles. The van der Waals surface area contributed by atoms with Gasteiger partial charge in [0.1, 0.15) is 11.5 Å². The predicted molar refractivity (Wildman–Crippen MR) is 115 cm³/mol. The Labute approximate surface area is 179 Å². The highest BCUT2D eigenvalue weighted by Gasteiger charge is 2.47. The maximum Gasteiger partial charge on any atom is 0.295 e. The van der Waals surface area contributed by atoms with Crippen LogP contribution in [0, 0.1) is 0 Å². The van der Waals surface area contributed by atoms with Gasteiger partial charge in [0.15, 0.2) is 0 Å². The van der Waals surface area contributed by atoms with Crippen molar-refractivity contribution < 1.29 is 24.2 Å². The van der Waals surface area contributed by atoms with E-state index < -0.39 is 17.7 Å². The highest BCUT2D eigenvalue weighted by Crippen LogP contribution is 2.41. The molecule has 0 saturated carbocycles. The van der Waals surface area contributed by atoms with Gasteiger partial charge in [0.2, 0.25) is 0 Å². The van der Waals surface area contributed by atoms with Gasteiger partial charge in [0.25, 0.3) is 11.7 Å². The van der Waals surface area contributed by atoms with E-state index in [1.165, 1.54) is 11.3 Å². The number of aliphatic hydroxyl groups is 1. The van der Waals surface area contributed by atoms with E-state index in [4.69, 9.17) is 9.47 Å². The van der Waals surface area contributed by atoms with Crippen molar-refractivity contribution in [3.8, 4) is 5.75 Å². The van der Waals surface area contributed by atoms with Gasteiger partial charge in [-0.05, 0) is 42.8 Å². The summed E-state index contributed by atoms with van der Waals surface area (Å²) in [6.07, 6.45) is 2.58. The summed E-state index contributed by atoms with van der Waals surface area (Å²) in [6, 6.07) is 10.1. The molecule has 0 spiro atoms. The molecule has 2 unspecified atom stereocenters. The van der Waals surface area contributed by atoms with Crippen LogP contribution in [0.2, 0.25) is 0 Å². The number of carbonyl (C=O) groups is 2. The SMILES string of the molecule is CCCOc1cccc(/C(O)=C2/C(=O)C(=O)N(CC3CCCO3)C2c2cccs2)c1. The van der Waals surface area contributed by atoms with Crippen molar-refractivity contribution in [2.24, 2.45) is 0 Å². The minimum Gasteiger partial charge on any atom is -0.507 e. The van der Waals surface area contributed by atoms with Gasteiger partial charge in [0, 0.05) is 23.6 Å². The van der Waals surface area contributed by atoms with Crippen LogP contribution in [0.15, 0.2) is 47.4 Å². The van der Waals surface area contributed by atoms with Crippen molar-refractivity contribution >= 4 is 28.8 Å². The summed E-state index contributed by atoms with van der Waals surface area (Å²) in [5, 5.41) is 13.0. The number of hydrogen-bond donors (Lipinski definition) is 1. The molecule has 6 nitrogen and oxygen atoms in total. The van der Waals surface area contributed by atoms with E-state index in [9.17, 15) is 14.7 Å². The molecule has 1 aromatic heterocycles. The first-order chi connectivity index (χ1) is 14.6. The van der Waals surface area contributed by atoms with Crippen LogP contribution in [-0.4, -0.2) is 47.6 Å². The monoisotopic (exact) mass is 427 g/mol. The third-order valence-electron chi connectivity index (χ3n) is 5.36. The van der Waals surface area contributed by atoms with E-state index in [-0.39, 0.29) is 17.4 Å². The van der Waals surface area contributed by atoms with Crippen LogP contribution in [-0.2, 0) is 14.3 Å². The Hall–Kier alpha value is -2.64. The average Bonchev–Trinajstić information content (AvgIpc) is 3.51. The first kappa shape index (κ1) is 20.6. The van der Waals surface area contributed by atoms with Crippen LogP contribution >= 0.6 is 11.3 Å². The molecule has 2 fully saturated rings. The number of benzene rings is 1. The molecule has 7 heteroatoms. The number of ether oxygens (including phenoxy) is 2. The normalized spacial score (nSPS) is 23.3. The summed E-state index contributed by atoms with van der Waals surface area (Å²) >= 11 is 1.46. The first-order valence-corrected chi connectivity index (χ1v) is 11.1. The van der Waals surface area contributed by atoms with Gasteiger partial charge in [-0.15, -0.1) is 11.3 Å². The standard InChI is InChI=1S/C23H25NO5S/c1-2-10-28-16-7-3-6-15(13-16)21(25)19-20(18-9-5-12-30-18)24(23(27)22(19)26)14-17-8-4-11-29-17/h3,5-7,9,12-13,17,20,25H,2,4,8,10-11,14H2,1H3/b21-19-. The molecule has 3 heterocycles. The van der Waals surface area contributed by atoms with Gasteiger partial charge in [-0.1, -0.05) is 25.1 Å². The molecule has 2 aliphatic rings. The lowest BCUT2D eigenvalue weighted by Gasteiger charge is -2.26. The maximum absolute atomic E-state index is 13.0. The fourth-order valence-corrected chi connectivity index (χ4v) is 4.77. The number of carbonyl (C=O) groups excluding carboxylic acids is 2. The van der Waals surface area contributed by atoms with Crippen LogP contribution < -0.4 is 4.74 Å². The first-order valence-electron chi connectivity index (χ1n) is 10.3. The minimum atomic E-state index is -0.663. The zero-order valence-electron chi connectivity index (χ0n) is 16.9. The van der Waals surface area contributed by atoms with Gasteiger partial charge in [-0.3, -0.25) is 9.59 Å². The zero-order chi connectivity index (χ0) is 21.1. The number of likely N-dealkylation sites (tertiary alicyclic amines) is 1. The van der Waals surface area contributed by atoms with Crippen molar-refractivity contribution in [3.05, 3.63) is 57.8 Å². The fraction of sp³-hybridized carbons (Fsp3) is 0.391. The molecule has 2 atom stereocenters. The highest BCUT2D eigenvalue weighted by atomic mass is 32.1. The molecular formula is C23H25NO5S. The highest BCUT2D eigenvalue weighted by molar-refractivity contribution is 7.10. The van der Waals surface area contributed by atoms with E-state index in [1.54, 1.807) is 29.2 Å². The van der Waals surface area contributed by atoms with Gasteiger partial charge in [0.05, 0.1) is 24.3 Å². The molecule has 0 aliphatic carbocycles. The fourth-order valence-electron chi connectivity index (χ4n) is 3.93. The van der Waals surface area contributed by atoms with Crippen LogP contribution in [0.3, 0.4) is 0 Å². The second kappa shape index (κ2) is 9.02. The van der Waals surface area contributed by atoms with Crippen molar-refractivity contribution in [1.29, 1.82) is 0 Å². The van der Waals surface area contributed by atoms with Gasteiger partial charge >= 0.3 is 0 Å². The third kappa shape index (κ3) is 4.00. The largest absolute Gasteiger partial charge is 0.507 e. The van der Waals surface area contributed by atoms with E-state index >= 15 is 0 Å². The van der Waals surface area contributed by atoms with Crippen molar-refractivity contribution in [2.45, 2.75) is 38.3 Å². The van der Waals surface area contributed by atoms with Gasteiger partial charge < -0.3 is 19.5 Å². The molecule has 2 aromatic rings. The lowest BCUT2D eigenvalue weighted by atomic mass is 9.99. The van der Waals surface area contributed by atoms with Crippen LogP contribution in [0.5, 0.6) is 5.75 Å². The Balaban J connectivity index is 1.74. The third-order valence-corrected chi connectivity index (χ3v) is 6.28. The molecular weight excluding hydrogens is 402 g/mol. The predicted octanol–water partition coefficient (Wildman–Crippen LogP) is 4.14. The number of amides is 1. The summed E-state index contributed by atoms with van der Waals surface area (Å²) < 4.78 is 11.4. The number of thiophene rings is 1. The Bertz CT molecular complexity index is 946. The summed E-state index contributed by atoms with van der Waals surface area (Å²) in [6.45, 7) is 3.58. The van der Waals surface area contributed by atoms with E-state index in [0.29, 0.717) is 31.1 Å². The number of ketones is 1. The molecule has 2 saturated heterocycles. The number of hydrogen-bond acceptors (Lipinski definition) is 6. The topological polar surface area (TPSA) is 76.1 Å². The van der Waals surface area contributed by atoms with E-state index in [1.807, 2.05) is 24.4 Å². The number of aliphatic hydroxyl groups excluding tert-OH is 1. The number of nitrogens with zero attached hydrogens (tertiary/aromatic N) is 1. The Morgan fingerprint density at radius 2 is 2.17 bits per heavy atom. The second-order valence-electron chi connectivity index (χ2n) is 7.48. The quantitative estimate of drug-likeness (QED) is 0.408. The summed E-state index contributed by atoms with van der Waals surface area (Å²) in [7, 11) is 0. The van der Waals surface area contributed by atoms with Gasteiger partial charge in [-0.25, -0.2) is 0 Å². The van der Waals surface area contributed by atoms with Gasteiger partial charge in [-0.2, -0.15) is 0 Å². The number of Topliss-reactive ketones (excluding diaryl/α,β-unsaturated/α-hetero) is 1. The number of rotatable bonds is 7. The van der Waals surface area contributed by atoms with Crippen LogP contribution in [0.25, 0.3) is 5.76 Å². The molecule has 4 rings (SSSR count). The van der Waals surface area contributed by atoms with Crippen molar-refractivity contribution in [1.82, 2.24) is 4.90 Å². The summed E-state index contributed by atoms with van der Waals surface area (Å²) in [4.78, 5) is 28.3. The Morgan fingerprint density at radius 1 is 1.30 bits per heavy atom. The second-order valence-corrected chi connectivity index (χ2v) is 8.46. The van der Waals surface area contributed by atoms with E-state index in [2.05, 4.69) is 0 Å². The zero-order valence-corrected chi connectivity index (χ0v) is 17.7. The molecule has 158 valence electrons. The van der Waals surface area contributed by atoms with Crippen molar-refractivity contribution in [2.75, 3.05) is 19.8 Å². The van der Waals surface area contributed by atoms with Crippen LogP contribution in [0.1, 0.15) is 42.7 Å².